The summed E-state index contributed by atoms with van der Waals surface area (Å²) in [5.74, 6) is 0.620. The Bertz CT molecular complexity index is 1170. The Kier molecular flexibility index (Phi) is 6.23. The third-order valence-corrected chi connectivity index (χ3v) is 4.77. The number of rotatable bonds is 5. The van der Waals surface area contributed by atoms with Crippen LogP contribution >= 0.6 is 15.9 Å². The Morgan fingerprint density at radius 3 is 2.61 bits per heavy atom. The Morgan fingerprint density at radius 2 is 1.81 bits per heavy atom. The number of ether oxygens (including phenoxy) is 2. The SMILES string of the molecule is O=C(NN=Cc1cc(N=Nc2cccc(Br)c2)ccc1O)C1COc2ccccc2O1. The van der Waals surface area contributed by atoms with Crippen molar-refractivity contribution in [3.05, 3.63) is 76.8 Å². The van der Waals surface area contributed by atoms with Crippen LogP contribution in [0.25, 0.3) is 0 Å². The lowest BCUT2D eigenvalue weighted by Crippen LogP contribution is -2.42. The Hall–Kier alpha value is -3.72. The van der Waals surface area contributed by atoms with E-state index in [9.17, 15) is 9.90 Å². The molecule has 0 saturated carbocycles. The van der Waals surface area contributed by atoms with Gasteiger partial charge in [0.25, 0.3) is 5.91 Å². The highest BCUT2D eigenvalue weighted by atomic mass is 79.9. The molecule has 0 saturated heterocycles. The minimum absolute atomic E-state index is 0.00872. The van der Waals surface area contributed by atoms with Crippen LogP contribution in [0.4, 0.5) is 11.4 Å². The number of aromatic hydroxyl groups is 1. The molecule has 8 nitrogen and oxygen atoms in total. The Labute approximate surface area is 186 Å². The monoisotopic (exact) mass is 480 g/mol. The first-order valence-corrected chi connectivity index (χ1v) is 10.1. The van der Waals surface area contributed by atoms with E-state index in [2.05, 4.69) is 36.7 Å². The van der Waals surface area contributed by atoms with E-state index >= 15 is 0 Å². The second kappa shape index (κ2) is 9.40. The van der Waals surface area contributed by atoms with Crippen molar-refractivity contribution in [2.45, 2.75) is 6.10 Å². The number of hydrazone groups is 1. The van der Waals surface area contributed by atoms with E-state index in [1.165, 1.54) is 12.3 Å². The number of hydrogen-bond acceptors (Lipinski definition) is 7. The fraction of sp³-hybridized carbons (Fsp3) is 0.0909. The number of amides is 1. The highest BCUT2D eigenvalue weighted by Crippen LogP contribution is 2.31. The molecule has 1 amide bonds. The minimum atomic E-state index is -0.828. The van der Waals surface area contributed by atoms with Crippen LogP contribution in [0.1, 0.15) is 5.56 Å². The van der Waals surface area contributed by atoms with Gasteiger partial charge in [0.2, 0.25) is 6.10 Å². The van der Waals surface area contributed by atoms with Crippen LogP contribution in [0, 0.1) is 0 Å². The van der Waals surface area contributed by atoms with Gasteiger partial charge < -0.3 is 14.6 Å². The van der Waals surface area contributed by atoms with Gasteiger partial charge in [0.1, 0.15) is 12.4 Å². The van der Waals surface area contributed by atoms with E-state index in [0.717, 1.165) is 4.47 Å². The molecule has 9 heteroatoms. The topological polar surface area (TPSA) is 105 Å². The number of para-hydroxylation sites is 2. The molecule has 31 heavy (non-hydrogen) atoms. The first kappa shape index (κ1) is 20.5. The second-order valence-corrected chi connectivity index (χ2v) is 7.44. The fourth-order valence-corrected chi connectivity index (χ4v) is 3.13. The lowest BCUT2D eigenvalue weighted by atomic mass is 10.2. The normalized spacial score (nSPS) is 15.3. The van der Waals surface area contributed by atoms with E-state index < -0.39 is 12.0 Å². The maximum absolute atomic E-state index is 12.3. The lowest BCUT2D eigenvalue weighted by Gasteiger charge is -2.24. The van der Waals surface area contributed by atoms with Crippen LogP contribution in [0.5, 0.6) is 17.2 Å². The molecular weight excluding hydrogens is 464 g/mol. The third-order valence-electron chi connectivity index (χ3n) is 4.28. The number of azo groups is 1. The number of fused-ring (bicyclic) bond motifs is 1. The van der Waals surface area contributed by atoms with Crippen molar-refractivity contribution in [2.24, 2.45) is 15.3 Å². The molecule has 3 aromatic rings. The van der Waals surface area contributed by atoms with Gasteiger partial charge in [0.05, 0.1) is 17.6 Å². The van der Waals surface area contributed by atoms with Gasteiger partial charge in [-0.3, -0.25) is 4.79 Å². The number of hydrogen-bond donors (Lipinski definition) is 2. The van der Waals surface area contributed by atoms with Crippen molar-refractivity contribution >= 4 is 39.4 Å². The van der Waals surface area contributed by atoms with Crippen molar-refractivity contribution in [1.29, 1.82) is 0 Å². The van der Waals surface area contributed by atoms with Gasteiger partial charge in [0.15, 0.2) is 11.5 Å². The van der Waals surface area contributed by atoms with E-state index in [-0.39, 0.29) is 12.4 Å². The number of carbonyl (C=O) groups excluding carboxylic acids is 1. The summed E-state index contributed by atoms with van der Waals surface area (Å²) in [7, 11) is 0. The number of phenols is 1. The largest absolute Gasteiger partial charge is 0.507 e. The van der Waals surface area contributed by atoms with E-state index in [0.29, 0.717) is 28.4 Å². The molecule has 156 valence electrons. The predicted octanol–water partition coefficient (Wildman–Crippen LogP) is 4.86. The van der Waals surface area contributed by atoms with Crippen LogP contribution < -0.4 is 14.9 Å². The van der Waals surface area contributed by atoms with Crippen molar-refractivity contribution in [3.8, 4) is 17.2 Å². The molecule has 1 aliphatic heterocycles. The molecule has 0 aliphatic carbocycles. The molecule has 0 aromatic heterocycles. The quantitative estimate of drug-likeness (QED) is 0.309. The average Bonchev–Trinajstić information content (AvgIpc) is 2.79. The number of carbonyl (C=O) groups is 1. The van der Waals surface area contributed by atoms with Crippen LogP contribution in [-0.2, 0) is 4.79 Å². The van der Waals surface area contributed by atoms with Gasteiger partial charge in [-0.25, -0.2) is 5.43 Å². The maximum atomic E-state index is 12.3. The molecule has 3 aromatic carbocycles. The van der Waals surface area contributed by atoms with Crippen molar-refractivity contribution in [1.82, 2.24) is 5.43 Å². The maximum Gasteiger partial charge on any atom is 0.284 e. The summed E-state index contributed by atoms with van der Waals surface area (Å²) in [5.41, 5.74) is 3.97. The smallest absolute Gasteiger partial charge is 0.284 e. The minimum Gasteiger partial charge on any atom is -0.507 e. The van der Waals surface area contributed by atoms with E-state index in [1.807, 2.05) is 30.3 Å². The summed E-state index contributed by atoms with van der Waals surface area (Å²) in [6.45, 7) is 0.0785. The molecule has 1 aliphatic rings. The fourth-order valence-electron chi connectivity index (χ4n) is 2.75. The molecule has 1 unspecified atom stereocenters. The van der Waals surface area contributed by atoms with E-state index in [1.54, 1.807) is 30.3 Å². The molecule has 0 spiro atoms. The van der Waals surface area contributed by atoms with Crippen molar-refractivity contribution in [2.75, 3.05) is 6.61 Å². The van der Waals surface area contributed by atoms with Crippen LogP contribution in [0.3, 0.4) is 0 Å². The molecular formula is C22H17BrN4O4. The number of halogens is 1. The molecule has 1 heterocycles. The first-order chi connectivity index (χ1) is 15.1. The molecule has 0 bridgehead atoms. The number of nitrogens with one attached hydrogen (secondary N) is 1. The van der Waals surface area contributed by atoms with Crippen LogP contribution in [-0.4, -0.2) is 29.9 Å². The van der Waals surface area contributed by atoms with Gasteiger partial charge in [-0.2, -0.15) is 15.3 Å². The zero-order valence-corrected chi connectivity index (χ0v) is 17.7. The summed E-state index contributed by atoms with van der Waals surface area (Å²) in [4.78, 5) is 12.3. The van der Waals surface area contributed by atoms with Gasteiger partial charge in [-0.1, -0.05) is 34.1 Å². The molecule has 2 N–H and O–H groups in total. The standard InChI is InChI=1S/C22H17BrN4O4/c23-15-4-3-5-16(11-15)25-26-17-8-9-18(28)14(10-17)12-24-27-22(29)21-13-30-19-6-1-2-7-20(19)31-21/h1-12,21,28H,13H2,(H,27,29). The summed E-state index contributed by atoms with van der Waals surface area (Å²) in [6, 6.07) is 19.2. The Balaban J connectivity index is 1.39. The zero-order valence-electron chi connectivity index (χ0n) is 16.1. The summed E-state index contributed by atoms with van der Waals surface area (Å²) in [6.07, 6.45) is 0.495. The third kappa shape index (κ3) is 5.26. The number of benzene rings is 3. The summed E-state index contributed by atoms with van der Waals surface area (Å²) < 4.78 is 12.1. The van der Waals surface area contributed by atoms with Gasteiger partial charge in [-0.05, 0) is 48.5 Å². The average molecular weight is 481 g/mol. The first-order valence-electron chi connectivity index (χ1n) is 9.30. The van der Waals surface area contributed by atoms with Crippen LogP contribution in [0.2, 0.25) is 0 Å². The molecule has 1 atom stereocenters. The van der Waals surface area contributed by atoms with Gasteiger partial charge in [0, 0.05) is 10.0 Å². The summed E-state index contributed by atoms with van der Waals surface area (Å²) in [5, 5.41) is 22.3. The Morgan fingerprint density at radius 1 is 1.03 bits per heavy atom. The number of nitrogens with zero attached hydrogens (tertiary/aromatic N) is 3. The predicted molar refractivity (Wildman–Crippen MR) is 119 cm³/mol. The summed E-state index contributed by atoms with van der Waals surface area (Å²) >= 11 is 3.38. The zero-order chi connectivity index (χ0) is 21.6. The van der Waals surface area contributed by atoms with Gasteiger partial charge >= 0.3 is 0 Å². The van der Waals surface area contributed by atoms with Crippen molar-refractivity contribution in [3.63, 3.8) is 0 Å². The lowest BCUT2D eigenvalue weighted by molar-refractivity contribution is -0.130. The molecule has 0 fully saturated rings. The highest BCUT2D eigenvalue weighted by molar-refractivity contribution is 9.10. The highest BCUT2D eigenvalue weighted by Gasteiger charge is 2.27. The van der Waals surface area contributed by atoms with Crippen LogP contribution in [0.15, 0.2) is 86.5 Å². The van der Waals surface area contributed by atoms with Crippen molar-refractivity contribution < 1.29 is 19.4 Å². The molecule has 4 rings (SSSR count). The molecule has 0 radical (unpaired) electrons. The van der Waals surface area contributed by atoms with E-state index in [4.69, 9.17) is 9.47 Å². The second-order valence-electron chi connectivity index (χ2n) is 6.52. The van der Waals surface area contributed by atoms with Gasteiger partial charge in [-0.15, -0.1) is 0 Å². The number of phenolic OH excluding ortho intramolecular Hbond substituents is 1.